The van der Waals surface area contributed by atoms with Crippen LogP contribution in [-0.4, -0.2) is 34.5 Å². The van der Waals surface area contributed by atoms with Gasteiger partial charge >= 0.3 is 5.69 Å². The number of nitro groups is 1. The summed E-state index contributed by atoms with van der Waals surface area (Å²) in [7, 11) is 0. The van der Waals surface area contributed by atoms with Gasteiger partial charge in [0, 0.05) is 12.7 Å². The molecule has 24 heavy (non-hydrogen) atoms. The summed E-state index contributed by atoms with van der Waals surface area (Å²) in [6.07, 6.45) is 6.03. The van der Waals surface area contributed by atoms with Gasteiger partial charge in [-0.2, -0.15) is 5.10 Å². The lowest BCUT2D eigenvalue weighted by Gasteiger charge is -2.07. The summed E-state index contributed by atoms with van der Waals surface area (Å²) in [6, 6.07) is 5.57. The summed E-state index contributed by atoms with van der Waals surface area (Å²) in [5.74, 6) is 1.02. The lowest BCUT2D eigenvalue weighted by molar-refractivity contribution is -0.385. The highest BCUT2D eigenvalue weighted by Gasteiger charge is 2.15. The zero-order valence-corrected chi connectivity index (χ0v) is 13.3. The van der Waals surface area contributed by atoms with Crippen LogP contribution in [0.4, 0.5) is 5.69 Å². The topological polar surface area (TPSA) is 105 Å². The molecule has 3 aromatic rings. The number of thioether (sulfide) groups is 1. The maximum atomic E-state index is 10.7. The molecule has 0 atom stereocenters. The van der Waals surface area contributed by atoms with E-state index in [-0.39, 0.29) is 5.69 Å². The molecule has 0 amide bonds. The van der Waals surface area contributed by atoms with Crippen molar-refractivity contribution < 1.29 is 4.92 Å². The van der Waals surface area contributed by atoms with Crippen molar-refractivity contribution in [3.05, 3.63) is 59.6 Å². The minimum Gasteiger partial charge on any atom is -0.297 e. The normalized spacial score (nSPS) is 10.7. The van der Waals surface area contributed by atoms with Gasteiger partial charge in [-0.15, -0.1) is 16.8 Å². The van der Waals surface area contributed by atoms with Crippen molar-refractivity contribution in [2.75, 3.05) is 0 Å². The van der Waals surface area contributed by atoms with E-state index in [4.69, 9.17) is 0 Å². The number of aromatic nitrogens is 6. The van der Waals surface area contributed by atoms with Gasteiger partial charge in [0.25, 0.3) is 0 Å². The second kappa shape index (κ2) is 7.04. The van der Waals surface area contributed by atoms with E-state index in [0.717, 1.165) is 0 Å². The Kier molecular flexibility index (Phi) is 4.66. The largest absolute Gasteiger partial charge is 0.307 e. The third kappa shape index (κ3) is 3.33. The first kappa shape index (κ1) is 15.9. The highest BCUT2D eigenvalue weighted by molar-refractivity contribution is 7.98. The smallest absolute Gasteiger partial charge is 0.297 e. The van der Waals surface area contributed by atoms with Crippen LogP contribution in [0.15, 0.2) is 54.6 Å². The van der Waals surface area contributed by atoms with Gasteiger partial charge in [-0.3, -0.25) is 24.3 Å². The zero-order chi connectivity index (χ0) is 16.9. The monoisotopic (exact) mass is 343 g/mol. The predicted octanol–water partition coefficient (Wildman–Crippen LogP) is 2.38. The minimum atomic E-state index is -0.479. The molecule has 0 spiro atoms. The molecule has 0 aliphatic heterocycles. The van der Waals surface area contributed by atoms with Crippen molar-refractivity contribution in [2.24, 2.45) is 0 Å². The molecule has 0 N–H and O–H groups in total. The lowest BCUT2D eigenvalue weighted by Crippen LogP contribution is -2.03. The molecule has 0 saturated heterocycles. The van der Waals surface area contributed by atoms with Gasteiger partial charge in [0.05, 0.1) is 10.8 Å². The number of pyridine rings is 1. The van der Waals surface area contributed by atoms with E-state index < -0.39 is 4.92 Å². The fourth-order valence-corrected chi connectivity index (χ4v) is 2.82. The first-order valence-corrected chi connectivity index (χ1v) is 7.92. The summed E-state index contributed by atoms with van der Waals surface area (Å²) in [5, 5.41) is 23.7. The van der Waals surface area contributed by atoms with Gasteiger partial charge < -0.3 is 0 Å². The van der Waals surface area contributed by atoms with Crippen LogP contribution in [0.1, 0.15) is 0 Å². The number of hydrogen-bond acceptors (Lipinski definition) is 7. The zero-order valence-electron chi connectivity index (χ0n) is 12.5. The maximum absolute atomic E-state index is 10.7. The van der Waals surface area contributed by atoms with E-state index in [1.807, 2.05) is 22.8 Å². The van der Waals surface area contributed by atoms with Gasteiger partial charge in [0.1, 0.15) is 18.1 Å². The molecule has 0 bridgehead atoms. The van der Waals surface area contributed by atoms with Crippen LogP contribution in [0.3, 0.4) is 0 Å². The Morgan fingerprint density at radius 3 is 2.92 bits per heavy atom. The van der Waals surface area contributed by atoms with E-state index in [1.165, 1.54) is 28.8 Å². The molecule has 0 saturated carbocycles. The van der Waals surface area contributed by atoms with Gasteiger partial charge in [-0.25, -0.2) is 0 Å². The Morgan fingerprint density at radius 1 is 1.38 bits per heavy atom. The fourth-order valence-electron chi connectivity index (χ4n) is 2.02. The molecule has 10 heteroatoms. The van der Waals surface area contributed by atoms with E-state index in [1.54, 1.807) is 12.3 Å². The molecule has 0 fully saturated rings. The van der Waals surface area contributed by atoms with Crippen LogP contribution in [0, 0.1) is 10.1 Å². The van der Waals surface area contributed by atoms with Crippen molar-refractivity contribution in [1.29, 1.82) is 0 Å². The molecule has 3 aromatic heterocycles. The Hall–Kier alpha value is -3.01. The second-order valence-corrected chi connectivity index (χ2v) is 5.60. The third-order valence-electron chi connectivity index (χ3n) is 3.08. The molecular formula is C14H13N7O2S. The number of rotatable bonds is 7. The first-order chi connectivity index (χ1) is 11.7. The number of nitrogens with zero attached hydrogens (tertiary/aromatic N) is 7. The summed E-state index contributed by atoms with van der Waals surface area (Å²) < 4.78 is 3.37. The van der Waals surface area contributed by atoms with Crippen molar-refractivity contribution in [3.63, 3.8) is 0 Å². The minimum absolute atomic E-state index is 0.0441. The first-order valence-electron chi connectivity index (χ1n) is 6.94. The Labute approximate surface area is 141 Å². The second-order valence-electron chi connectivity index (χ2n) is 4.69. The third-order valence-corrected chi connectivity index (χ3v) is 4.03. The van der Waals surface area contributed by atoms with E-state index in [2.05, 4.69) is 26.9 Å². The summed E-state index contributed by atoms with van der Waals surface area (Å²) in [5.41, 5.74) is 0.672. The molecular weight excluding hydrogens is 330 g/mol. The molecule has 0 radical (unpaired) electrons. The molecule has 3 rings (SSSR count). The molecule has 0 aliphatic carbocycles. The van der Waals surface area contributed by atoms with Gasteiger partial charge in [-0.1, -0.05) is 23.9 Å². The average molecular weight is 343 g/mol. The highest BCUT2D eigenvalue weighted by atomic mass is 32.2. The van der Waals surface area contributed by atoms with Gasteiger partial charge in [0.2, 0.25) is 0 Å². The van der Waals surface area contributed by atoms with Crippen molar-refractivity contribution in [2.45, 2.75) is 17.6 Å². The fraction of sp³-hybridized carbons (Fsp3) is 0.143. The molecule has 3 heterocycles. The van der Waals surface area contributed by atoms with Crippen LogP contribution < -0.4 is 0 Å². The summed E-state index contributed by atoms with van der Waals surface area (Å²) in [4.78, 5) is 14.5. The molecule has 9 nitrogen and oxygen atoms in total. The van der Waals surface area contributed by atoms with Gasteiger partial charge in [0.15, 0.2) is 11.0 Å². The highest BCUT2D eigenvalue weighted by Crippen LogP contribution is 2.24. The number of hydrogen-bond donors (Lipinski definition) is 0. The Balaban J connectivity index is 1.81. The number of allylic oxidation sites excluding steroid dienone is 1. The van der Waals surface area contributed by atoms with Crippen LogP contribution >= 0.6 is 11.8 Å². The van der Waals surface area contributed by atoms with Crippen molar-refractivity contribution in [3.8, 4) is 11.5 Å². The molecule has 0 aromatic carbocycles. The van der Waals surface area contributed by atoms with Crippen molar-refractivity contribution in [1.82, 2.24) is 29.5 Å². The molecule has 0 unspecified atom stereocenters. The van der Waals surface area contributed by atoms with Crippen LogP contribution in [0.5, 0.6) is 0 Å². The van der Waals surface area contributed by atoms with E-state index in [9.17, 15) is 10.1 Å². The quantitative estimate of drug-likeness (QED) is 0.281. The predicted molar refractivity (Wildman–Crippen MR) is 88.2 cm³/mol. The lowest BCUT2D eigenvalue weighted by atomic mass is 10.3. The molecule has 0 aliphatic rings. The van der Waals surface area contributed by atoms with Crippen LogP contribution in [-0.2, 0) is 12.4 Å². The summed E-state index contributed by atoms with van der Waals surface area (Å²) in [6.45, 7) is 4.28. The average Bonchev–Trinajstić information content (AvgIpc) is 3.21. The maximum Gasteiger partial charge on any atom is 0.307 e. The van der Waals surface area contributed by atoms with E-state index >= 15 is 0 Å². The Bertz CT molecular complexity index is 859. The van der Waals surface area contributed by atoms with Crippen molar-refractivity contribution >= 4 is 17.4 Å². The summed E-state index contributed by atoms with van der Waals surface area (Å²) >= 11 is 1.37. The standard InChI is InChI=1S/C14H13N7O2S/c1-2-7-20-13(12-5-3-4-6-15-12)17-18-14(20)24-10-19-9-11(8-16-19)21(22)23/h2-6,8-9H,1,7,10H2. The SMILES string of the molecule is C=CCn1c(SCn2cc([N+](=O)[O-])cn2)nnc1-c1ccccn1. The van der Waals surface area contributed by atoms with Gasteiger partial charge in [-0.05, 0) is 12.1 Å². The van der Waals surface area contributed by atoms with Crippen LogP contribution in [0.25, 0.3) is 11.5 Å². The molecule has 122 valence electrons. The van der Waals surface area contributed by atoms with E-state index in [0.29, 0.717) is 29.1 Å². The van der Waals surface area contributed by atoms with Crippen LogP contribution in [0.2, 0.25) is 0 Å². The Morgan fingerprint density at radius 2 is 2.25 bits per heavy atom.